The SMILES string of the molecule is O=C(C(c1ccccc1)c1ccccc1)N1CC[NH+](Cc2ccc(F)cc2)CC1. The Bertz CT molecular complexity index is 881. The zero-order chi connectivity index (χ0) is 20.1. The first-order chi connectivity index (χ1) is 14.2. The van der Waals surface area contributed by atoms with Crippen molar-refractivity contribution in [2.75, 3.05) is 26.2 Å². The lowest BCUT2D eigenvalue weighted by molar-refractivity contribution is -0.917. The van der Waals surface area contributed by atoms with E-state index in [9.17, 15) is 9.18 Å². The van der Waals surface area contributed by atoms with Crippen LogP contribution in [-0.2, 0) is 11.3 Å². The summed E-state index contributed by atoms with van der Waals surface area (Å²) >= 11 is 0. The molecule has 3 aromatic rings. The summed E-state index contributed by atoms with van der Waals surface area (Å²) in [7, 11) is 0. The molecule has 3 nitrogen and oxygen atoms in total. The van der Waals surface area contributed by atoms with E-state index in [-0.39, 0.29) is 17.6 Å². The van der Waals surface area contributed by atoms with Crippen molar-refractivity contribution in [3.8, 4) is 0 Å². The minimum atomic E-state index is -0.268. The van der Waals surface area contributed by atoms with Crippen LogP contribution in [0.1, 0.15) is 22.6 Å². The predicted octanol–water partition coefficient (Wildman–Crippen LogP) is 2.88. The van der Waals surface area contributed by atoms with Crippen LogP contribution in [0, 0.1) is 5.82 Å². The molecule has 0 saturated carbocycles. The third kappa shape index (κ3) is 4.72. The molecule has 1 N–H and O–H groups in total. The molecular formula is C25H26FN2O+. The third-order valence-electron chi connectivity index (χ3n) is 5.66. The number of amides is 1. The van der Waals surface area contributed by atoms with Crippen molar-refractivity contribution in [1.82, 2.24) is 4.90 Å². The molecule has 1 aliphatic heterocycles. The van der Waals surface area contributed by atoms with Crippen molar-refractivity contribution in [2.45, 2.75) is 12.5 Å². The lowest BCUT2D eigenvalue weighted by Gasteiger charge is -2.34. The number of rotatable bonds is 5. The van der Waals surface area contributed by atoms with Gasteiger partial charge in [0.1, 0.15) is 12.4 Å². The van der Waals surface area contributed by atoms with Gasteiger partial charge in [0, 0.05) is 5.56 Å². The van der Waals surface area contributed by atoms with E-state index in [2.05, 4.69) is 0 Å². The maximum absolute atomic E-state index is 13.5. The summed E-state index contributed by atoms with van der Waals surface area (Å²) < 4.78 is 13.1. The van der Waals surface area contributed by atoms with Gasteiger partial charge in [-0.1, -0.05) is 72.8 Å². The van der Waals surface area contributed by atoms with Crippen molar-refractivity contribution in [3.05, 3.63) is 107 Å². The van der Waals surface area contributed by atoms with E-state index in [1.165, 1.54) is 17.0 Å². The van der Waals surface area contributed by atoms with Gasteiger partial charge in [0.2, 0.25) is 5.91 Å². The molecule has 4 rings (SSSR count). The minimum absolute atomic E-state index is 0.170. The number of benzene rings is 3. The average molecular weight is 389 g/mol. The highest BCUT2D eigenvalue weighted by atomic mass is 19.1. The molecular weight excluding hydrogens is 363 g/mol. The summed E-state index contributed by atoms with van der Waals surface area (Å²) in [5.74, 6) is -0.300. The van der Waals surface area contributed by atoms with Crippen molar-refractivity contribution in [1.29, 1.82) is 0 Å². The topological polar surface area (TPSA) is 24.8 Å². The Kier molecular flexibility index (Phi) is 6.01. The molecule has 0 bridgehead atoms. The predicted molar refractivity (Wildman–Crippen MR) is 112 cm³/mol. The van der Waals surface area contributed by atoms with E-state index in [4.69, 9.17) is 0 Å². The zero-order valence-electron chi connectivity index (χ0n) is 16.4. The molecule has 0 spiro atoms. The van der Waals surface area contributed by atoms with Gasteiger partial charge < -0.3 is 9.80 Å². The second kappa shape index (κ2) is 9.01. The average Bonchev–Trinajstić information content (AvgIpc) is 2.77. The molecule has 0 unspecified atom stereocenters. The Balaban J connectivity index is 1.45. The lowest BCUT2D eigenvalue weighted by atomic mass is 9.90. The van der Waals surface area contributed by atoms with E-state index in [1.54, 1.807) is 0 Å². The van der Waals surface area contributed by atoms with Crippen LogP contribution < -0.4 is 4.90 Å². The van der Waals surface area contributed by atoms with Gasteiger partial charge in [0.25, 0.3) is 0 Å². The first kappa shape index (κ1) is 19.3. The number of hydrogen-bond acceptors (Lipinski definition) is 1. The highest BCUT2D eigenvalue weighted by molar-refractivity contribution is 5.87. The highest BCUT2D eigenvalue weighted by Gasteiger charge is 2.31. The lowest BCUT2D eigenvalue weighted by Crippen LogP contribution is -3.13. The molecule has 1 aliphatic rings. The van der Waals surface area contributed by atoms with Crippen LogP contribution in [0.4, 0.5) is 4.39 Å². The number of carbonyl (C=O) groups excluding carboxylic acids is 1. The summed E-state index contributed by atoms with van der Waals surface area (Å²) in [5, 5.41) is 0. The second-order valence-corrected chi connectivity index (χ2v) is 7.63. The fourth-order valence-corrected chi connectivity index (χ4v) is 4.06. The van der Waals surface area contributed by atoms with Crippen LogP contribution in [-0.4, -0.2) is 37.0 Å². The number of nitrogens with zero attached hydrogens (tertiary/aromatic N) is 1. The van der Waals surface area contributed by atoms with Gasteiger partial charge in [-0.05, 0) is 23.3 Å². The third-order valence-corrected chi connectivity index (χ3v) is 5.66. The maximum atomic E-state index is 13.5. The number of carbonyl (C=O) groups is 1. The van der Waals surface area contributed by atoms with Crippen LogP contribution in [0.3, 0.4) is 0 Å². The van der Waals surface area contributed by atoms with E-state index >= 15 is 0 Å². The normalized spacial score (nSPS) is 14.9. The maximum Gasteiger partial charge on any atom is 0.234 e. The van der Waals surface area contributed by atoms with Gasteiger partial charge in [-0.15, -0.1) is 0 Å². The van der Waals surface area contributed by atoms with Crippen LogP contribution in [0.2, 0.25) is 0 Å². The standard InChI is InChI=1S/C25H25FN2O/c26-23-13-11-20(12-14-23)19-27-15-17-28(18-16-27)25(29)24(21-7-3-1-4-8-21)22-9-5-2-6-10-22/h1-14,24H,15-19H2/p+1. The Morgan fingerprint density at radius 1 is 0.828 bits per heavy atom. The fourth-order valence-electron chi connectivity index (χ4n) is 4.06. The fraction of sp³-hybridized carbons (Fsp3) is 0.240. The number of nitrogens with one attached hydrogen (secondary N) is 1. The summed E-state index contributed by atoms with van der Waals surface area (Å²) in [4.78, 5) is 16.9. The Labute approximate surface area is 171 Å². The monoisotopic (exact) mass is 389 g/mol. The molecule has 29 heavy (non-hydrogen) atoms. The van der Waals surface area contributed by atoms with Crippen LogP contribution in [0.25, 0.3) is 0 Å². The van der Waals surface area contributed by atoms with Gasteiger partial charge in [-0.3, -0.25) is 4.79 Å². The summed E-state index contributed by atoms with van der Waals surface area (Å²) in [6.45, 7) is 4.15. The van der Waals surface area contributed by atoms with E-state index in [1.807, 2.05) is 77.7 Å². The summed E-state index contributed by atoms with van der Waals surface area (Å²) in [6.07, 6.45) is 0. The minimum Gasteiger partial charge on any atom is -0.331 e. The van der Waals surface area contributed by atoms with Gasteiger partial charge in [0.15, 0.2) is 0 Å². The Morgan fingerprint density at radius 3 is 1.86 bits per heavy atom. The summed E-state index contributed by atoms with van der Waals surface area (Å²) in [5.41, 5.74) is 3.20. The molecule has 4 heteroatoms. The van der Waals surface area contributed by atoms with E-state index in [0.29, 0.717) is 0 Å². The quantitative estimate of drug-likeness (QED) is 0.713. The molecule has 3 aromatic carbocycles. The van der Waals surface area contributed by atoms with Gasteiger partial charge in [-0.2, -0.15) is 0 Å². The van der Waals surface area contributed by atoms with Crippen LogP contribution in [0.5, 0.6) is 0 Å². The van der Waals surface area contributed by atoms with Crippen LogP contribution >= 0.6 is 0 Å². The molecule has 148 valence electrons. The van der Waals surface area contributed by atoms with Gasteiger partial charge >= 0.3 is 0 Å². The molecule has 0 radical (unpaired) electrons. The van der Waals surface area contributed by atoms with Crippen molar-refractivity contribution in [2.24, 2.45) is 0 Å². The molecule has 1 saturated heterocycles. The van der Waals surface area contributed by atoms with Crippen molar-refractivity contribution in [3.63, 3.8) is 0 Å². The molecule has 0 aliphatic carbocycles. The number of halogens is 1. The van der Waals surface area contributed by atoms with E-state index in [0.717, 1.165) is 49.4 Å². The largest absolute Gasteiger partial charge is 0.331 e. The van der Waals surface area contributed by atoms with Gasteiger partial charge in [0.05, 0.1) is 32.1 Å². The molecule has 1 amide bonds. The van der Waals surface area contributed by atoms with Crippen molar-refractivity contribution < 1.29 is 14.1 Å². The number of quaternary nitrogens is 1. The number of hydrogen-bond donors (Lipinski definition) is 1. The Morgan fingerprint density at radius 2 is 1.34 bits per heavy atom. The van der Waals surface area contributed by atoms with E-state index < -0.39 is 0 Å². The summed E-state index contributed by atoms with van der Waals surface area (Å²) in [6, 6.07) is 26.8. The second-order valence-electron chi connectivity index (χ2n) is 7.63. The number of piperazine rings is 1. The first-order valence-corrected chi connectivity index (χ1v) is 10.2. The smallest absolute Gasteiger partial charge is 0.234 e. The van der Waals surface area contributed by atoms with Crippen molar-refractivity contribution >= 4 is 5.91 Å². The molecule has 1 heterocycles. The molecule has 0 aromatic heterocycles. The zero-order valence-corrected chi connectivity index (χ0v) is 16.4. The highest BCUT2D eigenvalue weighted by Crippen LogP contribution is 2.26. The Hall–Kier alpha value is -2.98. The molecule has 0 atom stereocenters. The molecule has 1 fully saturated rings. The first-order valence-electron chi connectivity index (χ1n) is 10.2. The van der Waals surface area contributed by atoms with Crippen LogP contribution in [0.15, 0.2) is 84.9 Å². The van der Waals surface area contributed by atoms with Gasteiger partial charge in [-0.25, -0.2) is 4.39 Å².